The van der Waals surface area contributed by atoms with E-state index in [0.717, 1.165) is 12.0 Å². The fourth-order valence-corrected chi connectivity index (χ4v) is 3.86. The number of aryl methyl sites for hydroxylation is 1. The van der Waals surface area contributed by atoms with E-state index in [1.807, 2.05) is 32.2 Å². The van der Waals surface area contributed by atoms with Crippen molar-refractivity contribution in [1.29, 1.82) is 0 Å². The van der Waals surface area contributed by atoms with Crippen LogP contribution in [0.25, 0.3) is 0 Å². The van der Waals surface area contributed by atoms with Gasteiger partial charge >= 0.3 is 5.97 Å². The highest BCUT2D eigenvalue weighted by Gasteiger charge is 2.41. The molecule has 1 amide bonds. The number of aliphatic carboxylic acids is 1. The Morgan fingerprint density at radius 1 is 1.21 bits per heavy atom. The van der Waals surface area contributed by atoms with Gasteiger partial charge in [-0.25, -0.2) is 0 Å². The van der Waals surface area contributed by atoms with Crippen molar-refractivity contribution in [3.8, 4) is 0 Å². The molecule has 1 aliphatic rings. The average Bonchev–Trinajstić information content (AvgIpc) is 2.85. The summed E-state index contributed by atoms with van der Waals surface area (Å²) >= 11 is 1.37. The number of carbonyl (C=O) groups is 3. The van der Waals surface area contributed by atoms with Gasteiger partial charge in [0.2, 0.25) is 0 Å². The van der Waals surface area contributed by atoms with Crippen molar-refractivity contribution in [3.05, 3.63) is 46.5 Å². The van der Waals surface area contributed by atoms with Crippen LogP contribution in [0.5, 0.6) is 0 Å². The molecule has 24 heavy (non-hydrogen) atoms. The van der Waals surface area contributed by atoms with Crippen LogP contribution in [0, 0.1) is 0 Å². The van der Waals surface area contributed by atoms with Gasteiger partial charge in [-0.15, -0.1) is 11.8 Å². The average molecular weight is 347 g/mol. The monoisotopic (exact) mass is 347 g/mol. The Morgan fingerprint density at radius 3 is 2.29 bits per heavy atom. The molecule has 0 unspecified atom stereocenters. The zero-order valence-electron chi connectivity index (χ0n) is 14.0. The number of amides is 1. The predicted octanol–water partition coefficient (Wildman–Crippen LogP) is 2.75. The van der Waals surface area contributed by atoms with E-state index in [-0.39, 0.29) is 17.3 Å². The molecule has 0 aliphatic carbocycles. The molecule has 0 aromatic heterocycles. The lowest BCUT2D eigenvalue weighted by molar-refractivity contribution is -0.137. The fraction of sp³-hybridized carbons (Fsp3) is 0.389. The van der Waals surface area contributed by atoms with Crippen molar-refractivity contribution in [2.75, 3.05) is 12.8 Å². The standard InChI is InChI=1S/C18H21NO4S/c1-4-11-6-8-12(9-7-11)16(22)15-13(10-14(20)21)17(23)19(5-2)18(15)24-3/h6-9,18H,4-5,10H2,1-3H3,(H,20,21)/t18-/m0/s1. The van der Waals surface area contributed by atoms with Crippen LogP contribution in [0.1, 0.15) is 36.2 Å². The summed E-state index contributed by atoms with van der Waals surface area (Å²) in [6.45, 7) is 4.28. The van der Waals surface area contributed by atoms with Crippen molar-refractivity contribution in [2.24, 2.45) is 0 Å². The number of thioether (sulfide) groups is 1. The van der Waals surface area contributed by atoms with E-state index in [4.69, 9.17) is 5.11 Å². The molecule has 5 nitrogen and oxygen atoms in total. The molecule has 6 heteroatoms. The second-order valence-electron chi connectivity index (χ2n) is 5.52. The lowest BCUT2D eigenvalue weighted by atomic mass is 9.97. The van der Waals surface area contributed by atoms with Gasteiger partial charge in [-0.05, 0) is 25.2 Å². The van der Waals surface area contributed by atoms with E-state index >= 15 is 0 Å². The smallest absolute Gasteiger partial charge is 0.308 e. The summed E-state index contributed by atoms with van der Waals surface area (Å²) in [6, 6.07) is 7.24. The van der Waals surface area contributed by atoms with E-state index < -0.39 is 17.8 Å². The number of likely N-dealkylation sites (N-methyl/N-ethyl adjacent to an activating group) is 1. The van der Waals surface area contributed by atoms with Crippen molar-refractivity contribution in [2.45, 2.75) is 32.1 Å². The Labute approximate surface area is 145 Å². The van der Waals surface area contributed by atoms with Crippen LogP contribution in [0.2, 0.25) is 0 Å². The minimum atomic E-state index is -1.11. The number of benzene rings is 1. The summed E-state index contributed by atoms with van der Waals surface area (Å²) in [4.78, 5) is 38.2. The van der Waals surface area contributed by atoms with E-state index in [1.54, 1.807) is 17.0 Å². The zero-order valence-corrected chi connectivity index (χ0v) is 14.9. The Bertz CT molecular complexity index is 693. The van der Waals surface area contributed by atoms with Gasteiger partial charge < -0.3 is 10.0 Å². The summed E-state index contributed by atoms with van der Waals surface area (Å²) in [5.41, 5.74) is 2.01. The van der Waals surface area contributed by atoms with Gasteiger partial charge in [-0.2, -0.15) is 0 Å². The first-order chi connectivity index (χ1) is 11.4. The Hall–Kier alpha value is -2.08. The largest absolute Gasteiger partial charge is 0.481 e. The summed E-state index contributed by atoms with van der Waals surface area (Å²) in [5.74, 6) is -1.73. The highest BCUT2D eigenvalue weighted by atomic mass is 32.2. The molecule has 0 fully saturated rings. The second-order valence-corrected chi connectivity index (χ2v) is 6.44. The molecule has 1 aromatic rings. The van der Waals surface area contributed by atoms with Gasteiger partial charge in [0, 0.05) is 23.3 Å². The van der Waals surface area contributed by atoms with Gasteiger partial charge in [-0.1, -0.05) is 31.2 Å². The molecular weight excluding hydrogens is 326 g/mol. The highest BCUT2D eigenvalue weighted by molar-refractivity contribution is 7.99. The second kappa shape index (κ2) is 7.66. The summed E-state index contributed by atoms with van der Waals surface area (Å²) < 4.78 is 0. The van der Waals surface area contributed by atoms with Crippen LogP contribution in [-0.4, -0.2) is 45.8 Å². The fourth-order valence-electron chi connectivity index (χ4n) is 2.87. The molecule has 0 saturated carbocycles. The van der Waals surface area contributed by atoms with Gasteiger partial charge in [0.05, 0.1) is 6.42 Å². The van der Waals surface area contributed by atoms with Crippen molar-refractivity contribution in [3.63, 3.8) is 0 Å². The first-order valence-electron chi connectivity index (χ1n) is 7.86. The molecule has 128 valence electrons. The summed E-state index contributed by atoms with van der Waals surface area (Å²) in [6.07, 6.45) is 2.26. The third-order valence-electron chi connectivity index (χ3n) is 4.14. The molecule has 1 aliphatic heterocycles. The molecular formula is C18H21NO4S. The molecule has 1 heterocycles. The topological polar surface area (TPSA) is 74.7 Å². The molecule has 1 atom stereocenters. The number of nitrogens with zero attached hydrogens (tertiary/aromatic N) is 1. The maximum Gasteiger partial charge on any atom is 0.308 e. The number of carbonyl (C=O) groups excluding carboxylic acids is 2. The SMILES string of the molecule is CCc1ccc(C(=O)C2=C(CC(=O)O)C(=O)N(CC)[C@H]2SC)cc1. The van der Waals surface area contributed by atoms with Crippen LogP contribution in [0.4, 0.5) is 0 Å². The number of hydrogen-bond donors (Lipinski definition) is 1. The van der Waals surface area contributed by atoms with Crippen LogP contribution in [0.3, 0.4) is 0 Å². The van der Waals surface area contributed by atoms with Gasteiger partial charge in [0.25, 0.3) is 5.91 Å². The Morgan fingerprint density at radius 2 is 1.83 bits per heavy atom. The number of hydrogen-bond acceptors (Lipinski definition) is 4. The van der Waals surface area contributed by atoms with E-state index in [1.165, 1.54) is 11.8 Å². The molecule has 2 rings (SSSR count). The third kappa shape index (κ3) is 3.38. The third-order valence-corrected chi connectivity index (χ3v) is 5.07. The Balaban J connectivity index is 2.49. The lowest BCUT2D eigenvalue weighted by Crippen LogP contribution is -2.34. The zero-order chi connectivity index (χ0) is 17.9. The molecule has 0 spiro atoms. The van der Waals surface area contributed by atoms with Gasteiger partial charge in [-0.3, -0.25) is 14.4 Å². The molecule has 0 bridgehead atoms. The number of carboxylic acid groups (broad SMARTS) is 1. The minimum Gasteiger partial charge on any atom is -0.481 e. The van der Waals surface area contributed by atoms with Crippen LogP contribution in [-0.2, 0) is 16.0 Å². The number of Topliss-reactive ketones (excluding diaryl/α,β-unsaturated/α-hetero) is 1. The van der Waals surface area contributed by atoms with Crippen molar-refractivity contribution < 1.29 is 19.5 Å². The first-order valence-corrected chi connectivity index (χ1v) is 9.15. The van der Waals surface area contributed by atoms with Crippen molar-refractivity contribution >= 4 is 29.4 Å². The quantitative estimate of drug-likeness (QED) is 0.768. The maximum atomic E-state index is 13.0. The minimum absolute atomic E-state index is 0.105. The van der Waals surface area contributed by atoms with E-state index in [2.05, 4.69) is 0 Å². The molecule has 0 saturated heterocycles. The van der Waals surface area contributed by atoms with Crippen LogP contribution >= 0.6 is 11.8 Å². The number of ketones is 1. The predicted molar refractivity (Wildman–Crippen MR) is 94.1 cm³/mol. The summed E-state index contributed by atoms with van der Waals surface area (Å²) in [7, 11) is 0. The summed E-state index contributed by atoms with van der Waals surface area (Å²) in [5, 5.41) is 8.69. The lowest BCUT2D eigenvalue weighted by Gasteiger charge is -2.23. The Kier molecular flexibility index (Phi) is 5.83. The number of rotatable bonds is 7. The van der Waals surface area contributed by atoms with Crippen LogP contribution in [0.15, 0.2) is 35.4 Å². The van der Waals surface area contributed by atoms with Crippen LogP contribution < -0.4 is 0 Å². The van der Waals surface area contributed by atoms with Gasteiger partial charge in [0.15, 0.2) is 5.78 Å². The first kappa shape index (κ1) is 18.3. The van der Waals surface area contributed by atoms with Gasteiger partial charge in [0.1, 0.15) is 5.37 Å². The van der Waals surface area contributed by atoms with E-state index in [9.17, 15) is 14.4 Å². The maximum absolute atomic E-state index is 13.0. The number of carboxylic acids is 1. The van der Waals surface area contributed by atoms with Crippen molar-refractivity contribution in [1.82, 2.24) is 4.90 Å². The molecule has 1 N–H and O–H groups in total. The highest BCUT2D eigenvalue weighted by Crippen LogP contribution is 2.35. The molecule has 0 radical (unpaired) electrons. The van der Waals surface area contributed by atoms with E-state index in [0.29, 0.717) is 17.7 Å². The normalized spacial score (nSPS) is 17.5. The molecule has 1 aromatic carbocycles.